The molecule has 1 saturated heterocycles. The highest BCUT2D eigenvalue weighted by Crippen LogP contribution is 2.55. The quantitative estimate of drug-likeness (QED) is 0.590. The number of carboxylic acid groups (broad SMARTS) is 1. The van der Waals surface area contributed by atoms with Gasteiger partial charge in [0.2, 0.25) is 0 Å². The van der Waals surface area contributed by atoms with Crippen molar-refractivity contribution in [3.05, 3.63) is 0 Å². The Bertz CT molecular complexity index is 506. The number of alkyl halides is 2. The number of rotatable bonds is 5. The zero-order valence-electron chi connectivity index (χ0n) is 10.6. The summed E-state index contributed by atoms with van der Waals surface area (Å²) in [5.74, 6) is -4.37. The molecular weight excluding hydrogens is 294 g/mol. The number of fused-ring (bicyclic) bond motifs is 1. The molecule has 0 radical (unpaired) electrons. The van der Waals surface area contributed by atoms with Crippen LogP contribution in [0.15, 0.2) is 0 Å². The van der Waals surface area contributed by atoms with Crippen LogP contribution in [0, 0.1) is 17.8 Å². The second-order valence-corrected chi connectivity index (χ2v) is 5.45. The number of esters is 2. The number of carbonyl (C=O) groups is 3. The summed E-state index contributed by atoms with van der Waals surface area (Å²) in [4.78, 5) is 33.0. The van der Waals surface area contributed by atoms with Crippen LogP contribution in [0.4, 0.5) is 8.78 Å². The van der Waals surface area contributed by atoms with Gasteiger partial charge in [-0.3, -0.25) is 4.79 Å². The Balaban J connectivity index is 1.55. The molecule has 21 heavy (non-hydrogen) atoms. The van der Waals surface area contributed by atoms with Crippen molar-refractivity contribution in [3.63, 3.8) is 0 Å². The second-order valence-electron chi connectivity index (χ2n) is 5.45. The molecule has 3 fully saturated rings. The first-order valence-electron chi connectivity index (χ1n) is 6.43. The van der Waals surface area contributed by atoms with Crippen LogP contribution < -0.4 is 5.11 Å². The van der Waals surface area contributed by atoms with E-state index in [-0.39, 0.29) is 23.7 Å². The van der Waals surface area contributed by atoms with E-state index >= 15 is 0 Å². The highest BCUT2D eigenvalue weighted by molar-refractivity contribution is 5.77. The van der Waals surface area contributed by atoms with E-state index in [0.717, 1.165) is 0 Å². The summed E-state index contributed by atoms with van der Waals surface area (Å²) in [5.41, 5.74) is 0. The summed E-state index contributed by atoms with van der Waals surface area (Å²) in [6.07, 6.45) is -4.53. The number of carbonyl (C=O) groups excluding carboxylic acids is 3. The number of halogens is 2. The fourth-order valence-electron chi connectivity index (χ4n) is 3.46. The van der Waals surface area contributed by atoms with Crippen molar-refractivity contribution < 1.29 is 42.5 Å². The van der Waals surface area contributed by atoms with Crippen molar-refractivity contribution in [2.45, 2.75) is 31.2 Å². The highest BCUT2D eigenvalue weighted by Gasteiger charge is 2.63. The molecule has 2 aliphatic carbocycles. The van der Waals surface area contributed by atoms with Crippen LogP contribution in [-0.4, -0.2) is 42.8 Å². The van der Waals surface area contributed by atoms with Crippen molar-refractivity contribution in [2.24, 2.45) is 17.8 Å². The predicted octanol–water partition coefficient (Wildman–Crippen LogP) is -1.16. The smallest absolute Gasteiger partial charge is 0.398 e. The van der Waals surface area contributed by atoms with Crippen molar-refractivity contribution in [3.8, 4) is 0 Å². The van der Waals surface area contributed by atoms with E-state index in [1.165, 1.54) is 0 Å². The second kappa shape index (κ2) is 4.62. The molecule has 3 rings (SSSR count). The Morgan fingerprint density at radius 1 is 1.38 bits per heavy atom. The van der Waals surface area contributed by atoms with Crippen molar-refractivity contribution in [1.82, 2.24) is 0 Å². The predicted molar refractivity (Wildman–Crippen MR) is 55.4 cm³/mol. The minimum absolute atomic E-state index is 0.00544. The molecule has 0 aromatic rings. The Morgan fingerprint density at radius 2 is 2.10 bits per heavy atom. The molecule has 3 aliphatic rings. The zero-order chi connectivity index (χ0) is 15.4. The van der Waals surface area contributed by atoms with E-state index in [2.05, 4.69) is 4.74 Å². The van der Waals surface area contributed by atoms with Gasteiger partial charge in [-0.2, -0.15) is 8.78 Å². The number of ether oxygens (including phenoxy) is 3. The molecule has 7 nitrogen and oxygen atoms in total. The number of hydrogen-bond acceptors (Lipinski definition) is 7. The van der Waals surface area contributed by atoms with Gasteiger partial charge >= 0.3 is 18.0 Å². The van der Waals surface area contributed by atoms with Gasteiger partial charge in [0.05, 0.1) is 5.92 Å². The molecule has 0 amide bonds. The minimum atomic E-state index is -4.56. The average Bonchev–Trinajstić information content (AvgIpc) is 3.01. The summed E-state index contributed by atoms with van der Waals surface area (Å²) in [7, 11) is 0. The lowest BCUT2D eigenvalue weighted by Crippen LogP contribution is -2.45. The third-order valence-corrected chi connectivity index (χ3v) is 4.29. The van der Waals surface area contributed by atoms with Crippen molar-refractivity contribution >= 4 is 17.9 Å². The molecule has 0 aromatic heterocycles. The molecule has 0 N–H and O–H groups in total. The fourth-order valence-corrected chi connectivity index (χ4v) is 3.46. The Hall–Kier alpha value is -1.77. The van der Waals surface area contributed by atoms with Gasteiger partial charge in [-0.15, -0.1) is 0 Å². The minimum Gasteiger partial charge on any atom is -0.542 e. The molecule has 0 spiro atoms. The lowest BCUT2D eigenvalue weighted by molar-refractivity contribution is -0.362. The van der Waals surface area contributed by atoms with E-state index in [1.54, 1.807) is 0 Å². The third kappa shape index (κ3) is 2.25. The van der Waals surface area contributed by atoms with Crippen LogP contribution in [0.3, 0.4) is 0 Å². The zero-order valence-corrected chi connectivity index (χ0v) is 10.6. The lowest BCUT2D eigenvalue weighted by Gasteiger charge is -2.25. The maximum absolute atomic E-state index is 12.6. The maximum Gasteiger partial charge on any atom is 0.398 e. The van der Waals surface area contributed by atoms with E-state index < -0.39 is 36.9 Å². The van der Waals surface area contributed by atoms with Gasteiger partial charge in [-0.25, -0.2) is 4.79 Å². The van der Waals surface area contributed by atoms with E-state index in [9.17, 15) is 28.3 Å². The van der Waals surface area contributed by atoms with Crippen molar-refractivity contribution in [1.29, 1.82) is 0 Å². The summed E-state index contributed by atoms with van der Waals surface area (Å²) in [5, 5.41) is 10.0. The molecule has 5 atom stereocenters. The molecule has 1 aliphatic heterocycles. The van der Waals surface area contributed by atoms with Gasteiger partial charge in [0.1, 0.15) is 18.2 Å². The monoisotopic (exact) mass is 305 g/mol. The van der Waals surface area contributed by atoms with Gasteiger partial charge in [0, 0.05) is 11.8 Å². The summed E-state index contributed by atoms with van der Waals surface area (Å²) < 4.78 is 39.0. The lowest BCUT2D eigenvalue weighted by atomic mass is 9.88. The van der Waals surface area contributed by atoms with Gasteiger partial charge in [0.25, 0.3) is 0 Å². The summed E-state index contributed by atoms with van der Waals surface area (Å²) in [6.45, 7) is -1.22. The van der Waals surface area contributed by atoms with Crippen LogP contribution in [0.25, 0.3) is 0 Å². The average molecular weight is 305 g/mol. The molecule has 5 unspecified atom stereocenters. The van der Waals surface area contributed by atoms with E-state index in [4.69, 9.17) is 9.47 Å². The molecule has 2 bridgehead atoms. The topological polar surface area (TPSA) is 102 Å². The first-order valence-corrected chi connectivity index (χ1v) is 6.43. The third-order valence-electron chi connectivity index (χ3n) is 4.29. The largest absolute Gasteiger partial charge is 0.542 e. The van der Waals surface area contributed by atoms with Gasteiger partial charge in [-0.05, 0) is 12.8 Å². The molecule has 2 saturated carbocycles. The first-order chi connectivity index (χ1) is 9.79. The Labute approximate surface area is 117 Å². The Morgan fingerprint density at radius 3 is 2.76 bits per heavy atom. The first kappa shape index (κ1) is 14.2. The van der Waals surface area contributed by atoms with Crippen LogP contribution in [0.1, 0.15) is 12.8 Å². The van der Waals surface area contributed by atoms with E-state index in [1.807, 2.05) is 0 Å². The van der Waals surface area contributed by atoms with Crippen LogP contribution >= 0.6 is 0 Å². The molecular formula is C12H11F2O7-. The van der Waals surface area contributed by atoms with E-state index in [0.29, 0.717) is 12.8 Å². The SMILES string of the molecule is O=C(COC(F)(F)C(=O)[O-])OC1C2CC3C(=O)OC1C3C2. The number of hydrogen-bond donors (Lipinski definition) is 0. The molecule has 9 heteroatoms. The highest BCUT2D eigenvalue weighted by atomic mass is 19.3. The maximum atomic E-state index is 12.6. The van der Waals surface area contributed by atoms with Crippen LogP contribution in [0.2, 0.25) is 0 Å². The summed E-state index contributed by atoms with van der Waals surface area (Å²) in [6, 6.07) is 0. The van der Waals surface area contributed by atoms with Crippen molar-refractivity contribution in [2.75, 3.05) is 6.61 Å². The summed E-state index contributed by atoms with van der Waals surface area (Å²) >= 11 is 0. The molecule has 0 aromatic carbocycles. The van der Waals surface area contributed by atoms with Crippen LogP contribution in [0.5, 0.6) is 0 Å². The molecule has 1 heterocycles. The fraction of sp³-hybridized carbons (Fsp3) is 0.750. The van der Waals surface area contributed by atoms with Gasteiger partial charge in [-0.1, -0.05) is 0 Å². The van der Waals surface area contributed by atoms with Gasteiger partial charge < -0.3 is 24.1 Å². The normalized spacial score (nSPS) is 36.7. The molecule has 116 valence electrons. The number of aliphatic carboxylic acids is 1. The number of carboxylic acids is 1. The Kier molecular flexibility index (Phi) is 3.12. The van der Waals surface area contributed by atoms with Gasteiger partial charge in [0.15, 0.2) is 6.61 Å². The van der Waals surface area contributed by atoms with Crippen LogP contribution in [-0.2, 0) is 28.6 Å². The standard InChI is InChI=1S/C12H12F2O7/c13-12(14,11(17)18)19-3-7(15)20-8-4-1-5-6(2-4)10(16)21-9(5)8/h4-6,8-9H,1-3H2,(H,17,18)/p-1.